The van der Waals surface area contributed by atoms with Crippen molar-refractivity contribution in [2.75, 3.05) is 0 Å². The van der Waals surface area contributed by atoms with Crippen LogP contribution < -0.4 is 0 Å². The Balaban J connectivity index is 3.31. The average molecular weight is 189 g/mol. The Morgan fingerprint density at radius 1 is 1.15 bits per heavy atom. The predicted octanol–water partition coefficient (Wildman–Crippen LogP) is 2.77. The maximum absolute atomic E-state index is 12.7. The minimum Gasteiger partial charge on any atom is -0.206 e. The summed E-state index contributed by atoms with van der Waals surface area (Å²) in [6.45, 7) is 0. The molecule has 0 atom stereocenters. The second-order valence-corrected chi connectivity index (χ2v) is 2.27. The van der Waals surface area contributed by atoms with Gasteiger partial charge in [-0.15, -0.1) is 0 Å². The number of hydrogen-bond acceptors (Lipinski definition) is 1. The summed E-state index contributed by atoms with van der Waals surface area (Å²) in [6.07, 6.45) is -3.08. The molecule has 0 bridgehead atoms. The van der Waals surface area contributed by atoms with Gasteiger partial charge in [0.2, 0.25) is 0 Å². The molecule has 13 heavy (non-hydrogen) atoms. The monoisotopic (exact) mass is 189 g/mol. The maximum atomic E-state index is 12.7. The first-order valence-corrected chi connectivity index (χ1v) is 3.23. The third-order valence-electron chi connectivity index (χ3n) is 1.44. The van der Waals surface area contributed by atoms with Crippen LogP contribution in [0.4, 0.5) is 17.6 Å². The fourth-order valence-electron chi connectivity index (χ4n) is 0.815. The topological polar surface area (TPSA) is 23.8 Å². The standard InChI is InChI=1S/C8H3F4N/c9-6-2-5(8(11)12)7(10)1-4(6)3-13/h1-2,8H. The Bertz CT molecular complexity index is 367. The zero-order valence-corrected chi connectivity index (χ0v) is 6.19. The summed E-state index contributed by atoms with van der Waals surface area (Å²) in [6, 6.07) is 2.13. The number of nitrogens with zero attached hydrogens (tertiary/aromatic N) is 1. The first-order chi connectivity index (χ1) is 6.06. The van der Waals surface area contributed by atoms with Gasteiger partial charge in [0.05, 0.1) is 11.1 Å². The normalized spacial score (nSPS) is 10.2. The van der Waals surface area contributed by atoms with E-state index in [1.54, 1.807) is 0 Å². The molecule has 0 aliphatic carbocycles. The second kappa shape index (κ2) is 3.44. The van der Waals surface area contributed by atoms with Crippen LogP contribution in [0.3, 0.4) is 0 Å². The lowest BCUT2D eigenvalue weighted by molar-refractivity contribution is 0.146. The lowest BCUT2D eigenvalue weighted by Crippen LogP contribution is -1.95. The van der Waals surface area contributed by atoms with Crippen LogP contribution in [-0.4, -0.2) is 0 Å². The number of rotatable bonds is 1. The Kier molecular flexibility index (Phi) is 2.52. The molecule has 1 aromatic rings. The SMILES string of the molecule is N#Cc1cc(F)c(C(F)F)cc1F. The van der Waals surface area contributed by atoms with E-state index in [9.17, 15) is 17.6 Å². The fraction of sp³-hybridized carbons (Fsp3) is 0.125. The highest BCUT2D eigenvalue weighted by atomic mass is 19.3. The van der Waals surface area contributed by atoms with E-state index >= 15 is 0 Å². The summed E-state index contributed by atoms with van der Waals surface area (Å²) in [5.41, 5.74) is -1.61. The van der Waals surface area contributed by atoms with Crippen LogP contribution in [0.15, 0.2) is 12.1 Å². The van der Waals surface area contributed by atoms with Crippen molar-refractivity contribution >= 4 is 0 Å². The average Bonchev–Trinajstić information content (AvgIpc) is 2.07. The third-order valence-corrected chi connectivity index (χ3v) is 1.44. The highest BCUT2D eigenvalue weighted by Crippen LogP contribution is 2.24. The maximum Gasteiger partial charge on any atom is 0.266 e. The first kappa shape index (κ1) is 9.52. The zero-order chi connectivity index (χ0) is 10.0. The van der Waals surface area contributed by atoms with Crippen molar-refractivity contribution in [3.63, 3.8) is 0 Å². The highest BCUT2D eigenvalue weighted by molar-refractivity contribution is 5.34. The smallest absolute Gasteiger partial charge is 0.206 e. The van der Waals surface area contributed by atoms with Gasteiger partial charge in [-0.1, -0.05) is 0 Å². The molecule has 0 aliphatic heterocycles. The summed E-state index contributed by atoms with van der Waals surface area (Å²) >= 11 is 0. The summed E-state index contributed by atoms with van der Waals surface area (Å²) in [7, 11) is 0. The second-order valence-electron chi connectivity index (χ2n) is 2.27. The molecule has 0 aliphatic rings. The molecule has 0 unspecified atom stereocenters. The van der Waals surface area contributed by atoms with Gasteiger partial charge in [-0.2, -0.15) is 5.26 Å². The molecule has 0 radical (unpaired) electrons. The Morgan fingerprint density at radius 2 is 1.77 bits per heavy atom. The van der Waals surface area contributed by atoms with Crippen molar-refractivity contribution in [3.8, 4) is 6.07 Å². The fourth-order valence-corrected chi connectivity index (χ4v) is 0.815. The van der Waals surface area contributed by atoms with E-state index in [4.69, 9.17) is 5.26 Å². The van der Waals surface area contributed by atoms with Crippen LogP contribution in [0, 0.1) is 23.0 Å². The molecule has 0 spiro atoms. The molecule has 0 aromatic heterocycles. The Hall–Kier alpha value is -1.57. The van der Waals surface area contributed by atoms with Gasteiger partial charge in [0.25, 0.3) is 6.43 Å². The van der Waals surface area contributed by atoms with Crippen LogP contribution in [-0.2, 0) is 0 Å². The molecule has 1 rings (SSSR count). The highest BCUT2D eigenvalue weighted by Gasteiger charge is 2.16. The summed E-state index contributed by atoms with van der Waals surface area (Å²) in [5.74, 6) is -2.41. The summed E-state index contributed by atoms with van der Waals surface area (Å²) in [5, 5.41) is 8.23. The molecule has 0 heterocycles. The van der Waals surface area contributed by atoms with Gasteiger partial charge < -0.3 is 0 Å². The van der Waals surface area contributed by atoms with E-state index < -0.39 is 29.2 Å². The number of alkyl halides is 2. The molecular formula is C8H3F4N. The molecule has 1 aromatic carbocycles. The molecule has 1 nitrogen and oxygen atoms in total. The lowest BCUT2D eigenvalue weighted by atomic mass is 10.1. The van der Waals surface area contributed by atoms with Crippen molar-refractivity contribution in [2.45, 2.75) is 6.43 Å². The van der Waals surface area contributed by atoms with Gasteiger partial charge in [0, 0.05) is 0 Å². The molecule has 0 saturated heterocycles. The minimum absolute atomic E-state index is 0.332. The van der Waals surface area contributed by atoms with Crippen molar-refractivity contribution in [1.82, 2.24) is 0 Å². The number of benzene rings is 1. The van der Waals surface area contributed by atoms with Crippen LogP contribution in [0.5, 0.6) is 0 Å². The van der Waals surface area contributed by atoms with Crippen LogP contribution in [0.2, 0.25) is 0 Å². The van der Waals surface area contributed by atoms with E-state index in [1.807, 2.05) is 0 Å². The number of halogens is 4. The number of nitriles is 1. The van der Waals surface area contributed by atoms with E-state index in [0.29, 0.717) is 12.1 Å². The minimum atomic E-state index is -3.08. The largest absolute Gasteiger partial charge is 0.266 e. The van der Waals surface area contributed by atoms with Crippen molar-refractivity contribution < 1.29 is 17.6 Å². The Morgan fingerprint density at radius 3 is 2.23 bits per heavy atom. The van der Waals surface area contributed by atoms with Crippen molar-refractivity contribution in [2.24, 2.45) is 0 Å². The van der Waals surface area contributed by atoms with Gasteiger partial charge in [-0.05, 0) is 12.1 Å². The van der Waals surface area contributed by atoms with Crippen molar-refractivity contribution in [1.29, 1.82) is 5.26 Å². The quantitative estimate of drug-likeness (QED) is 0.623. The Labute approximate surface area is 71.2 Å². The van der Waals surface area contributed by atoms with Crippen molar-refractivity contribution in [3.05, 3.63) is 34.9 Å². The van der Waals surface area contributed by atoms with Crippen LogP contribution in [0.25, 0.3) is 0 Å². The van der Waals surface area contributed by atoms with Gasteiger partial charge in [0.1, 0.15) is 17.7 Å². The molecule has 0 saturated carbocycles. The van der Waals surface area contributed by atoms with E-state index in [1.165, 1.54) is 6.07 Å². The zero-order valence-electron chi connectivity index (χ0n) is 6.19. The number of hydrogen-bond donors (Lipinski definition) is 0. The molecule has 0 amide bonds. The molecule has 5 heteroatoms. The van der Waals surface area contributed by atoms with E-state index in [-0.39, 0.29) is 0 Å². The van der Waals surface area contributed by atoms with Gasteiger partial charge in [-0.3, -0.25) is 0 Å². The lowest BCUT2D eigenvalue weighted by Gasteiger charge is -2.02. The van der Waals surface area contributed by atoms with E-state index in [2.05, 4.69) is 0 Å². The summed E-state index contributed by atoms with van der Waals surface area (Å²) < 4.78 is 49.2. The summed E-state index contributed by atoms with van der Waals surface area (Å²) in [4.78, 5) is 0. The molecule has 0 fully saturated rings. The van der Waals surface area contributed by atoms with Gasteiger partial charge in [-0.25, -0.2) is 17.6 Å². The molecule has 0 N–H and O–H groups in total. The van der Waals surface area contributed by atoms with Gasteiger partial charge in [0.15, 0.2) is 0 Å². The van der Waals surface area contributed by atoms with Crippen LogP contribution in [0.1, 0.15) is 17.6 Å². The first-order valence-electron chi connectivity index (χ1n) is 3.23. The molecular weight excluding hydrogens is 186 g/mol. The van der Waals surface area contributed by atoms with Gasteiger partial charge >= 0.3 is 0 Å². The predicted molar refractivity (Wildman–Crippen MR) is 36.0 cm³/mol. The van der Waals surface area contributed by atoms with E-state index in [0.717, 1.165) is 0 Å². The van der Waals surface area contributed by atoms with Crippen LogP contribution >= 0.6 is 0 Å². The molecule has 68 valence electrons. The third kappa shape index (κ3) is 1.78.